The first-order valence-corrected chi connectivity index (χ1v) is 9.44. The van der Waals surface area contributed by atoms with Crippen LogP contribution >= 0.6 is 0 Å². The van der Waals surface area contributed by atoms with Crippen LogP contribution in [0.25, 0.3) is 0 Å². The summed E-state index contributed by atoms with van der Waals surface area (Å²) in [4.78, 5) is 52.2. The number of carbonyl (C=O) groups is 4. The predicted molar refractivity (Wildman–Crippen MR) is 97.3 cm³/mol. The summed E-state index contributed by atoms with van der Waals surface area (Å²) in [5.41, 5.74) is 10.8. The van der Waals surface area contributed by atoms with Crippen molar-refractivity contribution in [2.75, 3.05) is 19.7 Å². The number of hydrogen-bond acceptors (Lipinski definition) is 7. The van der Waals surface area contributed by atoms with Gasteiger partial charge in [-0.2, -0.15) is 0 Å². The molecule has 158 valence electrons. The summed E-state index contributed by atoms with van der Waals surface area (Å²) in [6, 6.07) is -3.88. The van der Waals surface area contributed by atoms with E-state index < -0.39 is 54.6 Å². The Kier molecular flexibility index (Phi) is 7.33. The van der Waals surface area contributed by atoms with Crippen molar-refractivity contribution in [2.24, 2.45) is 11.5 Å². The zero-order chi connectivity index (χ0) is 21.0. The van der Waals surface area contributed by atoms with Gasteiger partial charge in [0, 0.05) is 13.1 Å². The van der Waals surface area contributed by atoms with Crippen LogP contribution in [0.4, 0.5) is 0 Å². The van der Waals surface area contributed by atoms with Crippen molar-refractivity contribution in [3.05, 3.63) is 0 Å². The third-order valence-corrected chi connectivity index (χ3v) is 5.26. The van der Waals surface area contributed by atoms with Crippen LogP contribution in [-0.4, -0.2) is 93.6 Å². The lowest BCUT2D eigenvalue weighted by atomic mass is 10.1. The van der Waals surface area contributed by atoms with E-state index in [1.807, 2.05) is 0 Å². The molecule has 5 atom stereocenters. The number of aliphatic hydroxyl groups excluding tert-OH is 2. The Morgan fingerprint density at radius 2 is 1.68 bits per heavy atom. The summed E-state index contributed by atoms with van der Waals surface area (Å²) in [5.74, 6) is -2.30. The van der Waals surface area contributed by atoms with Gasteiger partial charge < -0.3 is 36.8 Å². The number of aliphatic hydroxyl groups is 2. The lowest BCUT2D eigenvalue weighted by Gasteiger charge is -2.32. The molecular weight excluding hydrogens is 370 g/mol. The van der Waals surface area contributed by atoms with Crippen LogP contribution in [0, 0.1) is 0 Å². The fraction of sp³-hybridized carbons (Fsp3) is 0.765. The van der Waals surface area contributed by atoms with Gasteiger partial charge in [0.2, 0.25) is 23.6 Å². The highest BCUT2D eigenvalue weighted by molar-refractivity contribution is 5.95. The van der Waals surface area contributed by atoms with Crippen molar-refractivity contribution >= 4 is 23.6 Å². The third-order valence-electron chi connectivity index (χ3n) is 5.26. The molecule has 0 radical (unpaired) electrons. The van der Waals surface area contributed by atoms with Crippen molar-refractivity contribution in [1.29, 1.82) is 0 Å². The number of carbonyl (C=O) groups excluding carboxylic acids is 4. The molecule has 0 spiro atoms. The summed E-state index contributed by atoms with van der Waals surface area (Å²) < 4.78 is 0. The van der Waals surface area contributed by atoms with Crippen molar-refractivity contribution in [3.8, 4) is 0 Å². The molecule has 7 N–H and O–H groups in total. The number of hydrogen-bond donors (Lipinski definition) is 5. The van der Waals surface area contributed by atoms with Crippen molar-refractivity contribution in [2.45, 2.75) is 62.9 Å². The Hall–Kier alpha value is -2.24. The first-order valence-electron chi connectivity index (χ1n) is 9.44. The van der Waals surface area contributed by atoms with E-state index in [-0.39, 0.29) is 5.91 Å². The van der Waals surface area contributed by atoms with E-state index in [2.05, 4.69) is 5.32 Å². The SMILES string of the molecule is C[C@@H](O)[C@H](NC(=O)[C@@H]1CCCN1C(=O)[C@@H]1CCCN1C(=O)[C@@H](N)CO)C(N)=O. The number of likely N-dealkylation sites (tertiary alicyclic amines) is 2. The second-order valence-corrected chi connectivity index (χ2v) is 7.30. The van der Waals surface area contributed by atoms with Crippen LogP contribution in [0.5, 0.6) is 0 Å². The standard InChI is InChI=1S/C17H29N5O6/c1-9(24)13(14(19)25)20-15(26)11-4-2-6-21(11)17(28)12-5-3-7-22(12)16(27)10(18)8-23/h9-13,23-24H,2-8,18H2,1H3,(H2,19,25)(H,20,26)/t9-,10+,11+,12+,13+/m1/s1. The van der Waals surface area contributed by atoms with Crippen LogP contribution < -0.4 is 16.8 Å². The fourth-order valence-corrected chi connectivity index (χ4v) is 3.75. The molecule has 2 aliphatic rings. The lowest BCUT2D eigenvalue weighted by Crippen LogP contribution is -2.58. The highest BCUT2D eigenvalue weighted by atomic mass is 16.3. The quantitative estimate of drug-likeness (QED) is 0.296. The zero-order valence-electron chi connectivity index (χ0n) is 15.9. The maximum atomic E-state index is 13.0. The average Bonchev–Trinajstić information content (AvgIpc) is 3.32. The van der Waals surface area contributed by atoms with E-state index in [0.717, 1.165) is 0 Å². The van der Waals surface area contributed by atoms with Gasteiger partial charge in [0.25, 0.3) is 0 Å². The van der Waals surface area contributed by atoms with Crippen molar-refractivity contribution < 1.29 is 29.4 Å². The highest BCUT2D eigenvalue weighted by Crippen LogP contribution is 2.25. The van der Waals surface area contributed by atoms with E-state index in [9.17, 15) is 24.3 Å². The van der Waals surface area contributed by atoms with E-state index in [1.54, 1.807) is 0 Å². The van der Waals surface area contributed by atoms with Crippen molar-refractivity contribution in [1.82, 2.24) is 15.1 Å². The summed E-state index contributed by atoms with van der Waals surface area (Å²) in [5, 5.41) is 21.1. The molecule has 0 aliphatic carbocycles. The van der Waals surface area contributed by atoms with E-state index in [1.165, 1.54) is 16.7 Å². The Bertz CT molecular complexity index is 627. The largest absolute Gasteiger partial charge is 0.394 e. The van der Waals surface area contributed by atoms with E-state index in [0.29, 0.717) is 38.8 Å². The molecule has 11 heteroatoms. The summed E-state index contributed by atoms with van der Waals surface area (Å²) in [7, 11) is 0. The minimum atomic E-state index is -1.25. The molecule has 2 saturated heterocycles. The van der Waals surface area contributed by atoms with Gasteiger partial charge in [-0.25, -0.2) is 0 Å². The van der Waals surface area contributed by atoms with Gasteiger partial charge in [-0.15, -0.1) is 0 Å². The maximum Gasteiger partial charge on any atom is 0.246 e. The number of amides is 4. The molecule has 0 bridgehead atoms. The van der Waals surface area contributed by atoms with Crippen molar-refractivity contribution in [3.63, 3.8) is 0 Å². The third kappa shape index (κ3) is 4.59. The molecule has 0 aromatic heterocycles. The Morgan fingerprint density at radius 1 is 1.11 bits per heavy atom. The van der Waals surface area contributed by atoms with Gasteiger partial charge in [-0.1, -0.05) is 0 Å². The van der Waals surface area contributed by atoms with E-state index in [4.69, 9.17) is 16.6 Å². The molecule has 0 saturated carbocycles. The molecule has 4 amide bonds. The molecule has 0 unspecified atom stereocenters. The van der Waals surface area contributed by atoms with Gasteiger partial charge in [0.1, 0.15) is 24.2 Å². The Morgan fingerprint density at radius 3 is 2.21 bits per heavy atom. The number of nitrogens with zero attached hydrogens (tertiary/aromatic N) is 2. The topological polar surface area (TPSA) is 179 Å². The number of rotatable bonds is 7. The smallest absolute Gasteiger partial charge is 0.246 e. The molecular formula is C17H29N5O6. The molecule has 2 heterocycles. The van der Waals surface area contributed by atoms with E-state index >= 15 is 0 Å². The lowest BCUT2D eigenvalue weighted by molar-refractivity contribution is -0.147. The number of nitrogens with one attached hydrogen (secondary N) is 1. The number of primary amides is 1. The minimum absolute atomic E-state index is 0.345. The van der Waals surface area contributed by atoms with Gasteiger partial charge in [0.15, 0.2) is 0 Å². The fourth-order valence-electron chi connectivity index (χ4n) is 3.75. The highest BCUT2D eigenvalue weighted by Gasteiger charge is 2.43. The second kappa shape index (κ2) is 9.30. The van der Waals surface area contributed by atoms with Gasteiger partial charge >= 0.3 is 0 Å². The van der Waals surface area contributed by atoms with Crippen LogP contribution in [0.15, 0.2) is 0 Å². The number of nitrogens with two attached hydrogens (primary N) is 2. The molecule has 28 heavy (non-hydrogen) atoms. The summed E-state index contributed by atoms with van der Waals surface area (Å²) in [6.07, 6.45) is 0.896. The first kappa shape index (κ1) is 22.1. The van der Waals surface area contributed by atoms with Crippen LogP contribution in [0.3, 0.4) is 0 Å². The second-order valence-electron chi connectivity index (χ2n) is 7.30. The van der Waals surface area contributed by atoms with Crippen LogP contribution in [0.2, 0.25) is 0 Å². The van der Waals surface area contributed by atoms with Gasteiger partial charge in [0.05, 0.1) is 12.7 Å². The van der Waals surface area contributed by atoms with Gasteiger partial charge in [-0.05, 0) is 32.6 Å². The molecule has 2 rings (SSSR count). The molecule has 0 aromatic rings. The molecule has 0 aromatic carbocycles. The Balaban J connectivity index is 2.10. The maximum absolute atomic E-state index is 13.0. The summed E-state index contributed by atoms with van der Waals surface area (Å²) >= 11 is 0. The zero-order valence-corrected chi connectivity index (χ0v) is 15.9. The predicted octanol–water partition coefficient (Wildman–Crippen LogP) is -3.36. The Labute approximate surface area is 163 Å². The first-order chi connectivity index (χ1) is 13.2. The molecule has 2 aliphatic heterocycles. The van der Waals surface area contributed by atoms with Crippen LogP contribution in [-0.2, 0) is 19.2 Å². The summed E-state index contributed by atoms with van der Waals surface area (Å²) in [6.45, 7) is 1.52. The molecule has 2 fully saturated rings. The van der Waals surface area contributed by atoms with Gasteiger partial charge in [-0.3, -0.25) is 19.2 Å². The monoisotopic (exact) mass is 399 g/mol. The average molecular weight is 399 g/mol. The van der Waals surface area contributed by atoms with Crippen LogP contribution in [0.1, 0.15) is 32.6 Å². The molecule has 11 nitrogen and oxygen atoms in total. The normalized spacial score (nSPS) is 25.3. The minimum Gasteiger partial charge on any atom is -0.394 e.